The summed E-state index contributed by atoms with van der Waals surface area (Å²) in [4.78, 5) is 18.8. The molecule has 3 rings (SSSR count). The lowest BCUT2D eigenvalue weighted by Gasteiger charge is -2.35. The number of hydrogen-bond donors (Lipinski definition) is 1. The first kappa shape index (κ1) is 15.5. The molecule has 0 spiro atoms. The average Bonchev–Trinajstić information content (AvgIpc) is 2.52. The second-order valence-corrected chi connectivity index (χ2v) is 6.60. The van der Waals surface area contributed by atoms with Crippen LogP contribution < -0.4 is 10.2 Å². The van der Waals surface area contributed by atoms with E-state index < -0.39 is 0 Å². The fraction of sp³-hybridized carbons (Fsp3) is 0.667. The van der Waals surface area contributed by atoms with Crippen molar-refractivity contribution < 1.29 is 4.79 Å². The number of piperidine rings is 1. The van der Waals surface area contributed by atoms with E-state index in [9.17, 15) is 4.79 Å². The molecule has 0 aromatic carbocycles. The lowest BCUT2D eigenvalue weighted by molar-refractivity contribution is -0.122. The molecule has 0 radical (unpaired) electrons. The van der Waals surface area contributed by atoms with Gasteiger partial charge in [-0.15, -0.1) is 0 Å². The van der Waals surface area contributed by atoms with E-state index in [-0.39, 0.29) is 11.9 Å². The predicted molar refractivity (Wildman–Crippen MR) is 88.9 cm³/mol. The van der Waals surface area contributed by atoms with E-state index in [0.29, 0.717) is 6.04 Å². The second-order valence-electron chi connectivity index (χ2n) is 6.60. The number of nitrogens with one attached hydrogen (secondary N) is 1. The van der Waals surface area contributed by atoms with Gasteiger partial charge >= 0.3 is 0 Å². The maximum atomic E-state index is 12.8. The van der Waals surface area contributed by atoms with Crippen molar-refractivity contribution in [3.63, 3.8) is 0 Å². The van der Waals surface area contributed by atoms with Gasteiger partial charge in [0, 0.05) is 18.8 Å². The molecule has 2 fully saturated rings. The molecule has 1 aromatic rings. The average molecular weight is 301 g/mol. The minimum Gasteiger partial charge on any atom is -0.310 e. The topological polar surface area (TPSA) is 45.2 Å². The smallest absolute Gasteiger partial charge is 0.244 e. The molecule has 120 valence electrons. The minimum atomic E-state index is -0.0154. The van der Waals surface area contributed by atoms with Crippen molar-refractivity contribution in [1.82, 2.24) is 10.3 Å². The molecule has 1 saturated carbocycles. The lowest BCUT2D eigenvalue weighted by atomic mass is 9.94. The van der Waals surface area contributed by atoms with Crippen LogP contribution in [-0.2, 0) is 4.79 Å². The normalized spacial score (nSPS) is 24.8. The molecular weight excluding hydrogens is 274 g/mol. The zero-order chi connectivity index (χ0) is 15.2. The van der Waals surface area contributed by atoms with E-state index in [4.69, 9.17) is 0 Å². The van der Waals surface area contributed by atoms with Crippen LogP contribution in [0.5, 0.6) is 0 Å². The standard InChI is InChI=1S/C18H27N3O/c22-18-17(20-15-8-4-2-1-3-5-9-15)11-7-13-21(18)16-10-6-12-19-14-16/h6,10,12,14-15,17,20H,1-5,7-9,11,13H2/t17-/m0/s1. The predicted octanol–water partition coefficient (Wildman–Crippen LogP) is 3.28. The lowest BCUT2D eigenvalue weighted by Crippen LogP contribution is -2.53. The van der Waals surface area contributed by atoms with Crippen molar-refractivity contribution >= 4 is 11.6 Å². The fourth-order valence-electron chi connectivity index (χ4n) is 3.71. The van der Waals surface area contributed by atoms with Gasteiger partial charge in [0.05, 0.1) is 17.9 Å². The fourth-order valence-corrected chi connectivity index (χ4v) is 3.71. The molecule has 1 aromatic heterocycles. The Kier molecular flexibility index (Phi) is 5.43. The summed E-state index contributed by atoms with van der Waals surface area (Å²) in [6, 6.07) is 4.37. The van der Waals surface area contributed by atoms with Crippen LogP contribution >= 0.6 is 0 Å². The number of amides is 1. The number of anilines is 1. The Morgan fingerprint density at radius 3 is 2.55 bits per heavy atom. The largest absolute Gasteiger partial charge is 0.310 e. The highest BCUT2D eigenvalue weighted by Crippen LogP contribution is 2.22. The monoisotopic (exact) mass is 301 g/mol. The number of carbonyl (C=O) groups excluding carboxylic acids is 1. The Hall–Kier alpha value is -1.42. The number of aromatic nitrogens is 1. The van der Waals surface area contributed by atoms with Gasteiger partial charge in [-0.3, -0.25) is 9.78 Å². The molecule has 1 amide bonds. The Labute approximate surface area is 133 Å². The first-order valence-corrected chi connectivity index (χ1v) is 8.82. The van der Waals surface area contributed by atoms with Crippen molar-refractivity contribution in [2.75, 3.05) is 11.4 Å². The molecule has 1 aliphatic heterocycles. The van der Waals surface area contributed by atoms with Crippen molar-refractivity contribution in [2.45, 2.75) is 69.9 Å². The maximum absolute atomic E-state index is 12.8. The second kappa shape index (κ2) is 7.73. The third-order valence-electron chi connectivity index (χ3n) is 4.94. The number of nitrogens with zero attached hydrogens (tertiary/aromatic N) is 2. The molecule has 1 aliphatic carbocycles. The van der Waals surface area contributed by atoms with Gasteiger partial charge in [0.15, 0.2) is 0 Å². The first-order valence-electron chi connectivity index (χ1n) is 8.82. The summed E-state index contributed by atoms with van der Waals surface area (Å²) < 4.78 is 0. The zero-order valence-corrected chi connectivity index (χ0v) is 13.3. The Morgan fingerprint density at radius 1 is 1.05 bits per heavy atom. The summed E-state index contributed by atoms with van der Waals surface area (Å²) in [6.45, 7) is 0.813. The Balaban J connectivity index is 1.62. The highest BCUT2D eigenvalue weighted by Gasteiger charge is 2.31. The highest BCUT2D eigenvalue weighted by atomic mass is 16.2. The molecule has 2 aliphatic rings. The molecule has 0 unspecified atom stereocenters. The van der Waals surface area contributed by atoms with E-state index in [2.05, 4.69) is 10.3 Å². The molecule has 4 heteroatoms. The van der Waals surface area contributed by atoms with Crippen molar-refractivity contribution in [3.05, 3.63) is 24.5 Å². The van der Waals surface area contributed by atoms with Gasteiger partial charge in [-0.1, -0.05) is 32.1 Å². The quantitative estimate of drug-likeness (QED) is 0.932. The van der Waals surface area contributed by atoms with Crippen LogP contribution in [0.15, 0.2) is 24.5 Å². The third kappa shape index (κ3) is 3.86. The third-order valence-corrected chi connectivity index (χ3v) is 4.94. The summed E-state index contributed by atoms with van der Waals surface area (Å²) in [7, 11) is 0. The van der Waals surface area contributed by atoms with Gasteiger partial charge in [-0.2, -0.15) is 0 Å². The van der Waals surface area contributed by atoms with Crippen molar-refractivity contribution in [2.24, 2.45) is 0 Å². The van der Waals surface area contributed by atoms with Crippen LogP contribution in [0.2, 0.25) is 0 Å². The van der Waals surface area contributed by atoms with Crippen LogP contribution in [0.3, 0.4) is 0 Å². The Morgan fingerprint density at radius 2 is 1.82 bits per heavy atom. The van der Waals surface area contributed by atoms with E-state index in [1.54, 1.807) is 12.4 Å². The van der Waals surface area contributed by atoms with Crippen LogP contribution in [-0.4, -0.2) is 29.5 Å². The number of rotatable bonds is 3. The van der Waals surface area contributed by atoms with Gasteiger partial charge in [0.1, 0.15) is 0 Å². The van der Waals surface area contributed by atoms with Gasteiger partial charge < -0.3 is 10.2 Å². The molecule has 1 atom stereocenters. The zero-order valence-electron chi connectivity index (χ0n) is 13.3. The molecular formula is C18H27N3O. The van der Waals surface area contributed by atoms with E-state index in [0.717, 1.165) is 25.1 Å². The first-order chi connectivity index (χ1) is 10.8. The van der Waals surface area contributed by atoms with Crippen LogP contribution in [0.1, 0.15) is 57.8 Å². The molecule has 1 saturated heterocycles. The maximum Gasteiger partial charge on any atom is 0.244 e. The van der Waals surface area contributed by atoms with E-state index in [1.165, 1.54) is 44.9 Å². The van der Waals surface area contributed by atoms with Gasteiger partial charge in [0.2, 0.25) is 5.91 Å². The SMILES string of the molecule is O=C1[C@@H](NC2CCCCCCC2)CCCN1c1cccnc1. The Bertz CT molecular complexity index is 468. The summed E-state index contributed by atoms with van der Waals surface area (Å²) in [5, 5.41) is 3.66. The molecule has 4 nitrogen and oxygen atoms in total. The van der Waals surface area contributed by atoms with E-state index in [1.807, 2.05) is 17.0 Å². The van der Waals surface area contributed by atoms with Crippen LogP contribution in [0.4, 0.5) is 5.69 Å². The summed E-state index contributed by atoms with van der Waals surface area (Å²) in [6.07, 6.45) is 14.7. The van der Waals surface area contributed by atoms with Crippen LogP contribution in [0.25, 0.3) is 0 Å². The van der Waals surface area contributed by atoms with Crippen LogP contribution in [0, 0.1) is 0 Å². The molecule has 1 N–H and O–H groups in total. The summed E-state index contributed by atoms with van der Waals surface area (Å²) in [5.41, 5.74) is 0.927. The van der Waals surface area contributed by atoms with E-state index >= 15 is 0 Å². The van der Waals surface area contributed by atoms with Gasteiger partial charge in [-0.05, 0) is 37.8 Å². The minimum absolute atomic E-state index is 0.0154. The molecule has 0 bridgehead atoms. The number of pyridine rings is 1. The summed E-state index contributed by atoms with van der Waals surface area (Å²) >= 11 is 0. The molecule has 2 heterocycles. The summed E-state index contributed by atoms with van der Waals surface area (Å²) in [5.74, 6) is 0.223. The number of carbonyl (C=O) groups is 1. The highest BCUT2D eigenvalue weighted by molar-refractivity contribution is 5.97. The number of hydrogen-bond acceptors (Lipinski definition) is 3. The van der Waals surface area contributed by atoms with Crippen molar-refractivity contribution in [3.8, 4) is 0 Å². The van der Waals surface area contributed by atoms with Crippen molar-refractivity contribution in [1.29, 1.82) is 0 Å². The van der Waals surface area contributed by atoms with Gasteiger partial charge in [0.25, 0.3) is 0 Å². The van der Waals surface area contributed by atoms with Gasteiger partial charge in [-0.25, -0.2) is 0 Å². The molecule has 22 heavy (non-hydrogen) atoms.